The number of carbonyl (C=O) groups excluding carboxylic acids is 1. The number of benzene rings is 1. The van der Waals surface area contributed by atoms with E-state index in [1.807, 2.05) is 42.2 Å². The van der Waals surface area contributed by atoms with Gasteiger partial charge < -0.3 is 4.90 Å². The van der Waals surface area contributed by atoms with Gasteiger partial charge in [0.05, 0.1) is 4.92 Å². The molecule has 0 spiro atoms. The summed E-state index contributed by atoms with van der Waals surface area (Å²) in [4.78, 5) is 28.5. The molecule has 2 aromatic rings. The van der Waals surface area contributed by atoms with Gasteiger partial charge in [0, 0.05) is 36.8 Å². The zero-order valence-electron chi connectivity index (χ0n) is 16.6. The first-order chi connectivity index (χ1) is 13.9. The van der Waals surface area contributed by atoms with Crippen molar-refractivity contribution in [2.45, 2.75) is 33.1 Å². The van der Waals surface area contributed by atoms with Crippen LogP contribution in [-0.4, -0.2) is 28.8 Å². The van der Waals surface area contributed by atoms with Gasteiger partial charge in [0.15, 0.2) is 0 Å². The molecule has 0 atom stereocenters. The Morgan fingerprint density at radius 2 is 2.03 bits per heavy atom. The second kappa shape index (κ2) is 9.16. The molecule has 1 fully saturated rings. The zero-order valence-corrected chi connectivity index (χ0v) is 16.6. The molecular formula is C23H23N3O3. The molecule has 148 valence electrons. The fourth-order valence-corrected chi connectivity index (χ4v) is 3.33. The topological polar surface area (TPSA) is 76.3 Å². The van der Waals surface area contributed by atoms with E-state index in [1.165, 1.54) is 11.6 Å². The monoisotopic (exact) mass is 389 g/mol. The molecule has 1 saturated heterocycles. The first-order valence-electron chi connectivity index (χ1n) is 9.57. The Morgan fingerprint density at radius 3 is 2.72 bits per heavy atom. The highest BCUT2D eigenvalue weighted by molar-refractivity contribution is 5.78. The number of rotatable bonds is 4. The van der Waals surface area contributed by atoms with E-state index in [1.54, 1.807) is 13.0 Å². The van der Waals surface area contributed by atoms with Crippen molar-refractivity contribution in [1.82, 2.24) is 4.98 Å². The van der Waals surface area contributed by atoms with Gasteiger partial charge in [-0.15, -0.1) is 0 Å². The molecule has 29 heavy (non-hydrogen) atoms. The van der Waals surface area contributed by atoms with Gasteiger partial charge in [0.1, 0.15) is 5.78 Å². The maximum Gasteiger partial charge on any atom is 0.311 e. The van der Waals surface area contributed by atoms with Gasteiger partial charge in [-0.2, -0.15) is 0 Å². The van der Waals surface area contributed by atoms with E-state index < -0.39 is 0 Å². The van der Waals surface area contributed by atoms with Gasteiger partial charge in [0.25, 0.3) is 0 Å². The van der Waals surface area contributed by atoms with Crippen molar-refractivity contribution in [2.75, 3.05) is 18.0 Å². The molecule has 0 N–H and O–H groups in total. The fourth-order valence-electron chi connectivity index (χ4n) is 3.33. The van der Waals surface area contributed by atoms with Gasteiger partial charge in [-0.25, -0.2) is 4.98 Å². The summed E-state index contributed by atoms with van der Waals surface area (Å²) >= 11 is 0. The molecule has 1 aromatic carbocycles. The maximum atomic E-state index is 11.3. The van der Waals surface area contributed by atoms with Crippen molar-refractivity contribution >= 4 is 17.3 Å². The zero-order chi connectivity index (χ0) is 20.8. The van der Waals surface area contributed by atoms with Crippen molar-refractivity contribution in [3.8, 4) is 11.8 Å². The molecule has 2 heterocycles. The summed E-state index contributed by atoms with van der Waals surface area (Å²) < 4.78 is 0. The Balaban J connectivity index is 1.66. The van der Waals surface area contributed by atoms with E-state index in [0.717, 1.165) is 29.7 Å². The van der Waals surface area contributed by atoms with Gasteiger partial charge >= 0.3 is 5.69 Å². The highest BCUT2D eigenvalue weighted by Gasteiger charge is 2.23. The van der Waals surface area contributed by atoms with Crippen LogP contribution in [0.1, 0.15) is 36.6 Å². The highest BCUT2D eigenvalue weighted by Crippen LogP contribution is 2.29. The second-order valence-corrected chi connectivity index (χ2v) is 7.19. The summed E-state index contributed by atoms with van der Waals surface area (Å²) in [6.45, 7) is 4.78. The van der Waals surface area contributed by atoms with Crippen molar-refractivity contribution in [3.63, 3.8) is 0 Å². The third-order valence-electron chi connectivity index (χ3n) is 4.77. The van der Waals surface area contributed by atoms with Crippen LogP contribution in [0.5, 0.6) is 0 Å². The van der Waals surface area contributed by atoms with Gasteiger partial charge in [-0.1, -0.05) is 29.5 Å². The Labute approximate surface area is 170 Å². The number of nitrogens with zero attached hydrogens (tertiary/aromatic N) is 3. The molecule has 0 amide bonds. The lowest BCUT2D eigenvalue weighted by Crippen LogP contribution is -2.32. The van der Waals surface area contributed by atoms with E-state index in [4.69, 9.17) is 0 Å². The summed E-state index contributed by atoms with van der Waals surface area (Å²) in [5.74, 6) is 6.81. The van der Waals surface area contributed by atoms with E-state index in [-0.39, 0.29) is 16.4 Å². The number of Topliss-reactive ketones (excluding diaryl/α,β-unsaturated/α-hetero) is 1. The molecule has 0 radical (unpaired) electrons. The SMILES string of the molecule is CC(=O)Cc1cccc(C#CC=C2CCN(c3nc(C)ccc3[N+](=O)[O-])CC2)c1. The molecule has 0 bridgehead atoms. The highest BCUT2D eigenvalue weighted by atomic mass is 16.6. The Bertz CT molecular complexity index is 1020. The standard InChI is InChI=1S/C23H23N3O3/c1-17-9-10-22(26(28)29)23(24-17)25-13-11-19(12-14-25)5-3-6-20-7-4-8-21(16-20)15-18(2)27/h4-5,7-10,16H,11-15H2,1-2H3. The van der Waals surface area contributed by atoms with Crippen LogP contribution >= 0.6 is 0 Å². The first-order valence-corrected chi connectivity index (χ1v) is 9.57. The lowest BCUT2D eigenvalue weighted by Gasteiger charge is -2.28. The summed E-state index contributed by atoms with van der Waals surface area (Å²) in [5, 5.41) is 11.3. The molecule has 0 unspecified atom stereocenters. The molecule has 3 rings (SSSR count). The smallest absolute Gasteiger partial charge is 0.311 e. The number of carbonyl (C=O) groups is 1. The predicted octanol–water partition coefficient (Wildman–Crippen LogP) is 4.01. The number of aryl methyl sites for hydroxylation is 1. The number of ketones is 1. The minimum Gasteiger partial charge on any atom is -0.350 e. The van der Waals surface area contributed by atoms with Crippen LogP contribution in [0, 0.1) is 28.9 Å². The summed E-state index contributed by atoms with van der Waals surface area (Å²) in [7, 11) is 0. The van der Waals surface area contributed by atoms with Crippen LogP contribution in [0.3, 0.4) is 0 Å². The minimum absolute atomic E-state index is 0.0493. The maximum absolute atomic E-state index is 11.3. The number of aromatic nitrogens is 1. The van der Waals surface area contributed by atoms with Crippen molar-refractivity contribution in [2.24, 2.45) is 0 Å². The van der Waals surface area contributed by atoms with Crippen molar-refractivity contribution in [3.05, 3.63) is 75.0 Å². The average Bonchev–Trinajstić information content (AvgIpc) is 2.68. The lowest BCUT2D eigenvalue weighted by molar-refractivity contribution is -0.384. The van der Waals surface area contributed by atoms with Crippen LogP contribution in [0.4, 0.5) is 11.5 Å². The number of piperidine rings is 1. The van der Waals surface area contributed by atoms with Crippen LogP contribution in [0.25, 0.3) is 0 Å². The van der Waals surface area contributed by atoms with E-state index in [0.29, 0.717) is 25.3 Å². The number of pyridine rings is 1. The molecule has 1 aliphatic rings. The van der Waals surface area contributed by atoms with E-state index >= 15 is 0 Å². The normalized spacial score (nSPS) is 13.4. The third-order valence-corrected chi connectivity index (χ3v) is 4.77. The summed E-state index contributed by atoms with van der Waals surface area (Å²) in [6, 6.07) is 10.9. The van der Waals surface area contributed by atoms with Crippen LogP contribution in [0.2, 0.25) is 0 Å². The third kappa shape index (κ3) is 5.52. The summed E-state index contributed by atoms with van der Waals surface area (Å²) in [6.07, 6.45) is 3.95. The Morgan fingerprint density at radius 1 is 1.28 bits per heavy atom. The molecule has 1 aliphatic heterocycles. The second-order valence-electron chi connectivity index (χ2n) is 7.19. The van der Waals surface area contributed by atoms with E-state index in [2.05, 4.69) is 16.8 Å². The molecule has 6 heteroatoms. The van der Waals surface area contributed by atoms with Crippen molar-refractivity contribution < 1.29 is 9.72 Å². The molecule has 0 aliphatic carbocycles. The minimum atomic E-state index is -0.376. The quantitative estimate of drug-likeness (QED) is 0.449. The van der Waals surface area contributed by atoms with Gasteiger partial charge in [0.2, 0.25) is 5.82 Å². The van der Waals surface area contributed by atoms with Crippen LogP contribution in [-0.2, 0) is 11.2 Å². The van der Waals surface area contributed by atoms with Crippen LogP contribution < -0.4 is 4.90 Å². The number of hydrogen-bond donors (Lipinski definition) is 0. The van der Waals surface area contributed by atoms with Crippen molar-refractivity contribution in [1.29, 1.82) is 0 Å². The van der Waals surface area contributed by atoms with Crippen LogP contribution in [0.15, 0.2) is 48.0 Å². The van der Waals surface area contributed by atoms with Gasteiger partial charge in [-0.05, 0) is 56.5 Å². The number of nitro groups is 1. The van der Waals surface area contributed by atoms with Gasteiger partial charge in [-0.3, -0.25) is 14.9 Å². The molecular weight excluding hydrogens is 366 g/mol. The molecule has 6 nitrogen and oxygen atoms in total. The first kappa shape index (κ1) is 20.3. The number of hydrogen-bond acceptors (Lipinski definition) is 5. The Hall–Kier alpha value is -3.46. The predicted molar refractivity (Wildman–Crippen MR) is 113 cm³/mol. The Kier molecular flexibility index (Phi) is 6.40. The molecule has 1 aromatic heterocycles. The average molecular weight is 389 g/mol. The number of anilines is 1. The lowest BCUT2D eigenvalue weighted by atomic mass is 10.0. The largest absolute Gasteiger partial charge is 0.350 e. The molecule has 0 saturated carbocycles. The fraction of sp³-hybridized carbons (Fsp3) is 0.304. The summed E-state index contributed by atoms with van der Waals surface area (Å²) in [5.41, 5.74) is 3.90. The number of allylic oxidation sites excluding steroid dienone is 1. The van der Waals surface area contributed by atoms with E-state index in [9.17, 15) is 14.9 Å².